The standard InChI is InChI=1S/C14H11F2/c15-14(16)10-11-6-8-13(9-7-11)12-4-2-1-3-5-12/h1-9H,10H2. The van der Waals surface area contributed by atoms with Gasteiger partial charge in [-0.05, 0) is 16.7 Å². The summed E-state index contributed by atoms with van der Waals surface area (Å²) in [5.74, 6) is 0. The van der Waals surface area contributed by atoms with Gasteiger partial charge in [-0.15, -0.1) is 0 Å². The molecule has 0 aliphatic carbocycles. The van der Waals surface area contributed by atoms with Gasteiger partial charge in [0.25, 0.3) is 0 Å². The van der Waals surface area contributed by atoms with E-state index in [0.717, 1.165) is 11.1 Å². The zero-order valence-electron chi connectivity index (χ0n) is 8.66. The number of hydrogen-bond donors (Lipinski definition) is 0. The van der Waals surface area contributed by atoms with Crippen molar-refractivity contribution in [3.05, 3.63) is 66.6 Å². The first-order chi connectivity index (χ1) is 7.75. The molecule has 0 atom stereocenters. The van der Waals surface area contributed by atoms with Gasteiger partial charge >= 0.3 is 6.43 Å². The van der Waals surface area contributed by atoms with Crippen LogP contribution in [0.4, 0.5) is 8.78 Å². The highest BCUT2D eigenvalue weighted by molar-refractivity contribution is 5.63. The van der Waals surface area contributed by atoms with Gasteiger partial charge in [0.05, 0.1) is 0 Å². The van der Waals surface area contributed by atoms with Gasteiger partial charge < -0.3 is 0 Å². The molecule has 0 aromatic heterocycles. The molecule has 81 valence electrons. The smallest absolute Gasteiger partial charge is 0.200 e. The average Bonchev–Trinajstić information content (AvgIpc) is 2.30. The summed E-state index contributed by atoms with van der Waals surface area (Å²) >= 11 is 0. The van der Waals surface area contributed by atoms with Crippen LogP contribution < -0.4 is 0 Å². The van der Waals surface area contributed by atoms with Gasteiger partial charge in [-0.25, -0.2) is 0 Å². The number of benzene rings is 2. The molecule has 0 spiro atoms. The summed E-state index contributed by atoms with van der Waals surface area (Å²) in [6.07, 6.45) is -1.80. The van der Waals surface area contributed by atoms with Crippen molar-refractivity contribution in [3.8, 4) is 11.1 Å². The Hall–Kier alpha value is -1.70. The maximum Gasteiger partial charge on any atom is 0.314 e. The lowest BCUT2D eigenvalue weighted by Crippen LogP contribution is -1.88. The molecular weight excluding hydrogens is 206 g/mol. The molecule has 0 unspecified atom stereocenters. The second kappa shape index (κ2) is 4.88. The van der Waals surface area contributed by atoms with E-state index in [2.05, 4.69) is 0 Å². The summed E-state index contributed by atoms with van der Waals surface area (Å²) in [6.45, 7) is 0. The van der Waals surface area contributed by atoms with Crippen LogP contribution in [0.2, 0.25) is 0 Å². The van der Waals surface area contributed by atoms with E-state index in [1.54, 1.807) is 12.1 Å². The third kappa shape index (κ3) is 2.66. The van der Waals surface area contributed by atoms with Gasteiger partial charge in [-0.1, -0.05) is 54.6 Å². The zero-order chi connectivity index (χ0) is 11.4. The summed E-state index contributed by atoms with van der Waals surface area (Å²) < 4.78 is 24.1. The summed E-state index contributed by atoms with van der Waals surface area (Å²) in [5, 5.41) is 0. The van der Waals surface area contributed by atoms with Crippen LogP contribution in [-0.4, -0.2) is 0 Å². The highest BCUT2D eigenvalue weighted by atomic mass is 19.3. The van der Waals surface area contributed by atoms with Crippen LogP contribution in [0.25, 0.3) is 11.1 Å². The second-order valence-corrected chi connectivity index (χ2v) is 3.58. The molecule has 2 aromatic carbocycles. The molecule has 2 rings (SSSR count). The highest BCUT2D eigenvalue weighted by Crippen LogP contribution is 2.21. The van der Waals surface area contributed by atoms with Crippen LogP contribution in [-0.2, 0) is 6.42 Å². The Morgan fingerprint density at radius 3 is 1.88 bits per heavy atom. The first kappa shape index (κ1) is 10.8. The van der Waals surface area contributed by atoms with Gasteiger partial charge in [0.15, 0.2) is 0 Å². The van der Waals surface area contributed by atoms with Crippen LogP contribution in [0.3, 0.4) is 0 Å². The topological polar surface area (TPSA) is 0 Å². The number of hydrogen-bond acceptors (Lipinski definition) is 0. The van der Waals surface area contributed by atoms with E-state index >= 15 is 0 Å². The fourth-order valence-corrected chi connectivity index (χ4v) is 1.60. The van der Waals surface area contributed by atoms with Crippen LogP contribution >= 0.6 is 0 Å². The van der Waals surface area contributed by atoms with Gasteiger partial charge in [0, 0.05) is 6.42 Å². The third-order valence-corrected chi connectivity index (χ3v) is 2.40. The Morgan fingerprint density at radius 1 is 0.750 bits per heavy atom. The second-order valence-electron chi connectivity index (χ2n) is 3.58. The number of halogens is 2. The molecule has 2 aromatic rings. The molecule has 0 fully saturated rings. The minimum absolute atomic E-state index is 0.255. The Balaban J connectivity index is 2.20. The van der Waals surface area contributed by atoms with Crippen molar-refractivity contribution in [1.82, 2.24) is 0 Å². The molecule has 0 saturated heterocycles. The lowest BCUT2D eigenvalue weighted by molar-refractivity contribution is 0.283. The minimum atomic E-state index is -1.55. The van der Waals surface area contributed by atoms with Gasteiger partial charge in [0.1, 0.15) is 0 Å². The SMILES string of the molecule is F[C](F)Cc1ccc(-c2ccccc2)cc1. The van der Waals surface area contributed by atoms with E-state index in [4.69, 9.17) is 0 Å². The Bertz CT molecular complexity index is 432. The van der Waals surface area contributed by atoms with Crippen LogP contribution in [0.15, 0.2) is 54.6 Å². The highest BCUT2D eigenvalue weighted by Gasteiger charge is 2.06. The predicted molar refractivity (Wildman–Crippen MR) is 61.0 cm³/mol. The molecule has 0 heterocycles. The molecule has 0 bridgehead atoms. The molecule has 0 nitrogen and oxygen atoms in total. The molecule has 0 aliphatic rings. The fourth-order valence-electron chi connectivity index (χ4n) is 1.60. The van der Waals surface area contributed by atoms with E-state index in [9.17, 15) is 8.78 Å². The zero-order valence-corrected chi connectivity index (χ0v) is 8.66. The third-order valence-electron chi connectivity index (χ3n) is 2.40. The maximum absolute atomic E-state index is 12.1. The molecule has 0 N–H and O–H groups in total. The van der Waals surface area contributed by atoms with E-state index < -0.39 is 6.43 Å². The van der Waals surface area contributed by atoms with Crippen molar-refractivity contribution in [2.45, 2.75) is 6.42 Å². The Kier molecular flexibility index (Phi) is 3.30. The van der Waals surface area contributed by atoms with Gasteiger partial charge in [0.2, 0.25) is 0 Å². The van der Waals surface area contributed by atoms with Crippen molar-refractivity contribution in [3.63, 3.8) is 0 Å². The average molecular weight is 217 g/mol. The molecule has 2 heteroatoms. The first-order valence-corrected chi connectivity index (χ1v) is 5.07. The van der Waals surface area contributed by atoms with Crippen molar-refractivity contribution in [1.29, 1.82) is 0 Å². The minimum Gasteiger partial charge on any atom is -0.200 e. The predicted octanol–water partition coefficient (Wildman–Crippen LogP) is 4.32. The maximum atomic E-state index is 12.1. The van der Waals surface area contributed by atoms with Crippen molar-refractivity contribution in [2.75, 3.05) is 0 Å². The largest absolute Gasteiger partial charge is 0.314 e. The van der Waals surface area contributed by atoms with Crippen molar-refractivity contribution >= 4 is 0 Å². The molecule has 0 aliphatic heterocycles. The summed E-state index contributed by atoms with van der Waals surface area (Å²) in [4.78, 5) is 0. The van der Waals surface area contributed by atoms with E-state index in [1.807, 2.05) is 42.5 Å². The van der Waals surface area contributed by atoms with Crippen molar-refractivity contribution in [2.24, 2.45) is 0 Å². The molecule has 0 amide bonds. The quantitative estimate of drug-likeness (QED) is 0.718. The summed E-state index contributed by atoms with van der Waals surface area (Å²) in [5.41, 5.74) is 2.78. The van der Waals surface area contributed by atoms with Gasteiger partial charge in [-0.3, -0.25) is 0 Å². The summed E-state index contributed by atoms with van der Waals surface area (Å²) in [6, 6.07) is 17.1. The molecule has 16 heavy (non-hydrogen) atoms. The molecular formula is C14H11F2. The van der Waals surface area contributed by atoms with E-state index in [1.165, 1.54) is 0 Å². The van der Waals surface area contributed by atoms with Crippen molar-refractivity contribution < 1.29 is 8.78 Å². The lowest BCUT2D eigenvalue weighted by Gasteiger charge is -2.03. The lowest BCUT2D eigenvalue weighted by atomic mass is 10.0. The van der Waals surface area contributed by atoms with Crippen LogP contribution in [0, 0.1) is 6.43 Å². The normalized spacial score (nSPS) is 10.7. The fraction of sp³-hybridized carbons (Fsp3) is 0.0714. The monoisotopic (exact) mass is 217 g/mol. The Morgan fingerprint density at radius 2 is 1.31 bits per heavy atom. The van der Waals surface area contributed by atoms with E-state index in [0.29, 0.717) is 5.56 Å². The first-order valence-electron chi connectivity index (χ1n) is 5.07. The van der Waals surface area contributed by atoms with Crippen LogP contribution in [0.5, 0.6) is 0 Å². The number of rotatable bonds is 3. The Labute approximate surface area is 93.5 Å². The molecule has 0 saturated carbocycles. The molecule has 1 radical (unpaired) electrons. The summed E-state index contributed by atoms with van der Waals surface area (Å²) in [7, 11) is 0. The van der Waals surface area contributed by atoms with E-state index in [-0.39, 0.29) is 6.42 Å². The van der Waals surface area contributed by atoms with Gasteiger partial charge in [-0.2, -0.15) is 8.78 Å². The van der Waals surface area contributed by atoms with Crippen LogP contribution in [0.1, 0.15) is 5.56 Å².